The van der Waals surface area contributed by atoms with Crippen molar-refractivity contribution in [2.75, 3.05) is 7.11 Å². The molecule has 1 nitrogen and oxygen atoms in total. The fourth-order valence-electron chi connectivity index (χ4n) is 2.21. The van der Waals surface area contributed by atoms with Crippen molar-refractivity contribution in [3.8, 4) is 0 Å². The van der Waals surface area contributed by atoms with Gasteiger partial charge in [0.2, 0.25) is 0 Å². The summed E-state index contributed by atoms with van der Waals surface area (Å²) >= 11 is 0. The van der Waals surface area contributed by atoms with Gasteiger partial charge in [0.05, 0.1) is 6.10 Å². The van der Waals surface area contributed by atoms with Gasteiger partial charge in [0.1, 0.15) is 0 Å². The minimum absolute atomic E-state index is 0.552. The van der Waals surface area contributed by atoms with Crippen LogP contribution in [0.3, 0.4) is 0 Å². The quantitative estimate of drug-likeness (QED) is 0.597. The lowest BCUT2D eigenvalue weighted by atomic mass is 9.79. The van der Waals surface area contributed by atoms with E-state index in [4.69, 9.17) is 4.74 Å². The van der Waals surface area contributed by atoms with Crippen LogP contribution in [0.15, 0.2) is 0 Å². The molecule has 3 atom stereocenters. The first kappa shape index (κ1) is 9.05. The Morgan fingerprint density at radius 1 is 1.36 bits per heavy atom. The highest BCUT2D eigenvalue weighted by Crippen LogP contribution is 2.32. The topological polar surface area (TPSA) is 9.23 Å². The van der Waals surface area contributed by atoms with Crippen LogP contribution in [0, 0.1) is 11.8 Å². The average molecular weight is 156 g/mol. The Balaban J connectivity index is 2.41. The zero-order valence-electron chi connectivity index (χ0n) is 7.97. The molecule has 1 aliphatic rings. The third kappa shape index (κ3) is 2.19. The molecule has 0 aromatic heterocycles. The molecule has 0 saturated heterocycles. The van der Waals surface area contributed by atoms with E-state index in [2.05, 4.69) is 13.8 Å². The van der Waals surface area contributed by atoms with E-state index >= 15 is 0 Å². The van der Waals surface area contributed by atoms with Crippen molar-refractivity contribution in [1.29, 1.82) is 0 Å². The molecule has 3 unspecified atom stereocenters. The molecule has 1 rings (SSSR count). The van der Waals surface area contributed by atoms with E-state index in [-0.39, 0.29) is 0 Å². The Morgan fingerprint density at radius 3 is 2.64 bits per heavy atom. The van der Waals surface area contributed by atoms with Crippen LogP contribution in [-0.4, -0.2) is 13.2 Å². The Morgan fingerprint density at radius 2 is 2.09 bits per heavy atom. The largest absolute Gasteiger partial charge is 0.381 e. The van der Waals surface area contributed by atoms with Gasteiger partial charge >= 0.3 is 0 Å². The third-order valence-corrected chi connectivity index (χ3v) is 3.00. The summed E-state index contributed by atoms with van der Waals surface area (Å²) in [5, 5.41) is 0. The number of hydrogen-bond donors (Lipinski definition) is 0. The molecule has 0 amide bonds. The van der Waals surface area contributed by atoms with Gasteiger partial charge in [0.25, 0.3) is 0 Å². The second-order valence-electron chi connectivity index (χ2n) is 3.86. The van der Waals surface area contributed by atoms with Crippen molar-refractivity contribution in [1.82, 2.24) is 0 Å². The van der Waals surface area contributed by atoms with Gasteiger partial charge < -0.3 is 4.74 Å². The standard InChI is InChI=1S/C10H20O/c1-4-9-7-8(2)5-6-10(9)11-3/h8-10H,4-7H2,1-3H3. The summed E-state index contributed by atoms with van der Waals surface area (Å²) in [5.74, 6) is 1.75. The molecule has 11 heavy (non-hydrogen) atoms. The second-order valence-corrected chi connectivity index (χ2v) is 3.86. The van der Waals surface area contributed by atoms with Crippen LogP contribution in [-0.2, 0) is 4.74 Å². The van der Waals surface area contributed by atoms with Gasteiger partial charge in [-0.2, -0.15) is 0 Å². The Kier molecular flexibility index (Phi) is 3.38. The Labute approximate surface area is 70.1 Å². The van der Waals surface area contributed by atoms with Crippen molar-refractivity contribution in [3.63, 3.8) is 0 Å². The van der Waals surface area contributed by atoms with Crippen molar-refractivity contribution in [2.24, 2.45) is 11.8 Å². The van der Waals surface area contributed by atoms with Crippen molar-refractivity contribution in [2.45, 2.75) is 45.6 Å². The summed E-state index contributed by atoms with van der Waals surface area (Å²) in [6, 6.07) is 0. The van der Waals surface area contributed by atoms with Crippen LogP contribution in [0.25, 0.3) is 0 Å². The van der Waals surface area contributed by atoms with Gasteiger partial charge in [-0.05, 0) is 31.1 Å². The number of methoxy groups -OCH3 is 1. The predicted molar refractivity (Wildman–Crippen MR) is 47.6 cm³/mol. The number of hydrogen-bond acceptors (Lipinski definition) is 1. The summed E-state index contributed by atoms with van der Waals surface area (Å²) < 4.78 is 5.44. The predicted octanol–water partition coefficient (Wildman–Crippen LogP) is 2.85. The van der Waals surface area contributed by atoms with E-state index in [1.165, 1.54) is 25.7 Å². The van der Waals surface area contributed by atoms with E-state index in [0.29, 0.717) is 6.10 Å². The fourth-order valence-corrected chi connectivity index (χ4v) is 2.21. The normalized spacial score (nSPS) is 39.0. The number of ether oxygens (including phenoxy) is 1. The molecule has 0 radical (unpaired) electrons. The summed E-state index contributed by atoms with van der Waals surface area (Å²) in [6.45, 7) is 4.63. The van der Waals surface area contributed by atoms with Gasteiger partial charge in [0.15, 0.2) is 0 Å². The summed E-state index contributed by atoms with van der Waals surface area (Å²) in [4.78, 5) is 0. The molecule has 0 aromatic rings. The molecular formula is C10H20O. The van der Waals surface area contributed by atoms with Crippen molar-refractivity contribution < 1.29 is 4.74 Å². The van der Waals surface area contributed by atoms with Gasteiger partial charge in [-0.1, -0.05) is 20.3 Å². The molecule has 1 fully saturated rings. The molecular weight excluding hydrogens is 136 g/mol. The van der Waals surface area contributed by atoms with Crippen LogP contribution in [0.4, 0.5) is 0 Å². The molecule has 0 aromatic carbocycles. The van der Waals surface area contributed by atoms with E-state index < -0.39 is 0 Å². The first-order valence-corrected chi connectivity index (χ1v) is 4.80. The zero-order valence-corrected chi connectivity index (χ0v) is 7.97. The Bertz CT molecular complexity index is 111. The average Bonchev–Trinajstić information content (AvgIpc) is 2.04. The molecule has 66 valence electrons. The van der Waals surface area contributed by atoms with Crippen LogP contribution >= 0.6 is 0 Å². The fraction of sp³-hybridized carbons (Fsp3) is 1.00. The molecule has 1 saturated carbocycles. The highest BCUT2D eigenvalue weighted by Gasteiger charge is 2.26. The molecule has 0 heterocycles. The maximum atomic E-state index is 5.44. The Hall–Kier alpha value is -0.0400. The number of rotatable bonds is 2. The molecule has 1 aliphatic carbocycles. The SMILES string of the molecule is CCC1CC(C)CCC1OC. The van der Waals surface area contributed by atoms with Crippen molar-refractivity contribution in [3.05, 3.63) is 0 Å². The maximum absolute atomic E-state index is 5.44. The molecule has 0 spiro atoms. The maximum Gasteiger partial charge on any atom is 0.0599 e. The molecule has 0 aliphatic heterocycles. The molecule has 0 N–H and O–H groups in total. The van der Waals surface area contributed by atoms with E-state index in [1.54, 1.807) is 0 Å². The van der Waals surface area contributed by atoms with Crippen molar-refractivity contribution >= 4 is 0 Å². The zero-order chi connectivity index (χ0) is 8.27. The van der Waals surface area contributed by atoms with Gasteiger partial charge in [0, 0.05) is 7.11 Å². The summed E-state index contributed by atoms with van der Waals surface area (Å²) in [7, 11) is 1.85. The van der Waals surface area contributed by atoms with Crippen LogP contribution in [0.2, 0.25) is 0 Å². The molecule has 0 bridgehead atoms. The van der Waals surface area contributed by atoms with E-state index in [1.807, 2.05) is 7.11 Å². The highest BCUT2D eigenvalue weighted by molar-refractivity contribution is 4.77. The third-order valence-electron chi connectivity index (χ3n) is 3.00. The van der Waals surface area contributed by atoms with Crippen LogP contribution < -0.4 is 0 Å². The van der Waals surface area contributed by atoms with E-state index in [9.17, 15) is 0 Å². The summed E-state index contributed by atoms with van der Waals surface area (Å²) in [5.41, 5.74) is 0. The second kappa shape index (κ2) is 4.10. The lowest BCUT2D eigenvalue weighted by Crippen LogP contribution is -2.29. The van der Waals surface area contributed by atoms with Gasteiger partial charge in [-0.25, -0.2) is 0 Å². The minimum atomic E-state index is 0.552. The lowest BCUT2D eigenvalue weighted by Gasteiger charge is -2.33. The highest BCUT2D eigenvalue weighted by atomic mass is 16.5. The monoisotopic (exact) mass is 156 g/mol. The first-order chi connectivity index (χ1) is 5.27. The lowest BCUT2D eigenvalue weighted by molar-refractivity contribution is 0.00922. The van der Waals surface area contributed by atoms with Gasteiger partial charge in [-0.15, -0.1) is 0 Å². The van der Waals surface area contributed by atoms with Crippen LogP contribution in [0.5, 0.6) is 0 Å². The summed E-state index contributed by atoms with van der Waals surface area (Å²) in [6.07, 6.45) is 5.83. The smallest absolute Gasteiger partial charge is 0.0599 e. The molecule has 1 heteroatoms. The first-order valence-electron chi connectivity index (χ1n) is 4.80. The minimum Gasteiger partial charge on any atom is -0.381 e. The van der Waals surface area contributed by atoms with Gasteiger partial charge in [-0.3, -0.25) is 0 Å². The van der Waals surface area contributed by atoms with Crippen LogP contribution in [0.1, 0.15) is 39.5 Å². The van der Waals surface area contributed by atoms with E-state index in [0.717, 1.165) is 11.8 Å².